The van der Waals surface area contributed by atoms with Crippen LogP contribution < -0.4 is 5.32 Å². The van der Waals surface area contributed by atoms with Crippen molar-refractivity contribution in [3.8, 4) is 0 Å². The van der Waals surface area contributed by atoms with Gasteiger partial charge in [-0.1, -0.05) is 50.1 Å². The molecule has 3 heteroatoms. The highest BCUT2D eigenvalue weighted by Crippen LogP contribution is 2.34. The number of hydrogen-bond acceptors (Lipinski definition) is 2. The van der Waals surface area contributed by atoms with Crippen LogP contribution in [-0.2, 0) is 6.54 Å². The maximum Gasteiger partial charge on any atom is 0.0636 e. The number of hydrogen-bond donors (Lipinski definition) is 1. The molecule has 1 N–H and O–H groups in total. The van der Waals surface area contributed by atoms with E-state index in [2.05, 4.69) is 37.4 Å². The van der Waals surface area contributed by atoms with Crippen molar-refractivity contribution in [2.75, 3.05) is 6.54 Å². The smallest absolute Gasteiger partial charge is 0.0636 e. The van der Waals surface area contributed by atoms with Crippen LogP contribution in [-0.4, -0.2) is 6.54 Å². The standard InChI is InChI=1S/C14H18ClNS/c1-3-10(2)8-16-9-13-14(15)11-6-4-5-7-12(11)17-13/h4-7,10,16H,3,8-9H2,1-2H3. The van der Waals surface area contributed by atoms with Crippen molar-refractivity contribution >= 4 is 33.0 Å². The third kappa shape index (κ3) is 3.01. The average molecular weight is 268 g/mol. The Balaban J connectivity index is 2.06. The first-order chi connectivity index (χ1) is 8.22. The lowest BCUT2D eigenvalue weighted by molar-refractivity contribution is 0.501. The Hall–Kier alpha value is -0.570. The first kappa shape index (κ1) is 12.9. The summed E-state index contributed by atoms with van der Waals surface area (Å²) in [4.78, 5) is 1.25. The van der Waals surface area contributed by atoms with Crippen LogP contribution in [0.4, 0.5) is 0 Å². The van der Waals surface area contributed by atoms with E-state index in [1.54, 1.807) is 11.3 Å². The predicted octanol–water partition coefficient (Wildman–Crippen LogP) is 4.69. The van der Waals surface area contributed by atoms with Gasteiger partial charge in [0.25, 0.3) is 0 Å². The van der Waals surface area contributed by atoms with Gasteiger partial charge in [-0.2, -0.15) is 0 Å². The summed E-state index contributed by atoms with van der Waals surface area (Å²) in [5, 5.41) is 5.58. The van der Waals surface area contributed by atoms with E-state index in [1.165, 1.54) is 21.4 Å². The summed E-state index contributed by atoms with van der Waals surface area (Å²) in [5.41, 5.74) is 0. The zero-order valence-electron chi connectivity index (χ0n) is 10.3. The molecular weight excluding hydrogens is 250 g/mol. The molecule has 0 saturated heterocycles. The van der Waals surface area contributed by atoms with E-state index in [0.29, 0.717) is 0 Å². The minimum atomic E-state index is 0.725. The van der Waals surface area contributed by atoms with E-state index in [9.17, 15) is 0 Å². The fourth-order valence-corrected chi connectivity index (χ4v) is 3.22. The van der Waals surface area contributed by atoms with Crippen LogP contribution in [0.15, 0.2) is 24.3 Å². The lowest BCUT2D eigenvalue weighted by atomic mass is 10.1. The second-order valence-corrected chi connectivity index (χ2v) is 5.99. The topological polar surface area (TPSA) is 12.0 Å². The molecule has 0 saturated carbocycles. The number of nitrogens with one attached hydrogen (secondary N) is 1. The van der Waals surface area contributed by atoms with E-state index in [1.807, 2.05) is 6.07 Å². The SMILES string of the molecule is CCC(C)CNCc1sc2ccccc2c1Cl. The highest BCUT2D eigenvalue weighted by atomic mass is 35.5. The van der Waals surface area contributed by atoms with E-state index in [-0.39, 0.29) is 0 Å². The minimum Gasteiger partial charge on any atom is -0.312 e. The van der Waals surface area contributed by atoms with Gasteiger partial charge < -0.3 is 5.32 Å². The largest absolute Gasteiger partial charge is 0.312 e. The maximum atomic E-state index is 6.38. The van der Waals surface area contributed by atoms with E-state index < -0.39 is 0 Å². The molecule has 0 aliphatic heterocycles. The van der Waals surface area contributed by atoms with Crippen LogP contribution in [0.2, 0.25) is 5.02 Å². The molecule has 1 unspecified atom stereocenters. The Morgan fingerprint density at radius 2 is 2.12 bits per heavy atom. The molecule has 0 bridgehead atoms. The zero-order chi connectivity index (χ0) is 12.3. The Bertz CT molecular complexity index is 492. The van der Waals surface area contributed by atoms with Gasteiger partial charge >= 0.3 is 0 Å². The van der Waals surface area contributed by atoms with Gasteiger partial charge in [0, 0.05) is 21.5 Å². The molecule has 2 rings (SSSR count). The van der Waals surface area contributed by atoms with E-state index in [4.69, 9.17) is 11.6 Å². The zero-order valence-corrected chi connectivity index (χ0v) is 11.9. The molecule has 17 heavy (non-hydrogen) atoms. The number of benzene rings is 1. The third-order valence-corrected chi connectivity index (χ3v) is 4.79. The highest BCUT2D eigenvalue weighted by Gasteiger charge is 2.09. The van der Waals surface area contributed by atoms with Crippen LogP contribution in [0.1, 0.15) is 25.1 Å². The second-order valence-electron chi connectivity index (χ2n) is 4.48. The molecule has 0 fully saturated rings. The lowest BCUT2D eigenvalue weighted by Gasteiger charge is -2.09. The molecule has 0 spiro atoms. The monoisotopic (exact) mass is 267 g/mol. The van der Waals surface area contributed by atoms with Gasteiger partial charge in [-0.25, -0.2) is 0 Å². The van der Waals surface area contributed by atoms with Crippen LogP contribution in [0.25, 0.3) is 10.1 Å². The number of rotatable bonds is 5. The maximum absolute atomic E-state index is 6.38. The van der Waals surface area contributed by atoms with Crippen molar-refractivity contribution in [1.29, 1.82) is 0 Å². The number of halogens is 1. The van der Waals surface area contributed by atoms with Gasteiger partial charge in [0.2, 0.25) is 0 Å². The summed E-state index contributed by atoms with van der Waals surface area (Å²) >= 11 is 8.17. The fourth-order valence-electron chi connectivity index (χ4n) is 1.75. The molecule has 1 aromatic carbocycles. The molecule has 1 heterocycles. The van der Waals surface area contributed by atoms with Crippen LogP contribution in [0.3, 0.4) is 0 Å². The first-order valence-electron chi connectivity index (χ1n) is 6.09. The van der Waals surface area contributed by atoms with Gasteiger partial charge in [0.1, 0.15) is 0 Å². The van der Waals surface area contributed by atoms with Crippen molar-refractivity contribution < 1.29 is 0 Å². The second kappa shape index (κ2) is 5.85. The highest BCUT2D eigenvalue weighted by molar-refractivity contribution is 7.19. The Morgan fingerprint density at radius 1 is 1.35 bits per heavy atom. The average Bonchev–Trinajstić information content (AvgIpc) is 2.67. The van der Waals surface area contributed by atoms with Crippen molar-refractivity contribution in [1.82, 2.24) is 5.32 Å². The Morgan fingerprint density at radius 3 is 2.82 bits per heavy atom. The molecule has 0 amide bonds. The molecular formula is C14H18ClNS. The quantitative estimate of drug-likeness (QED) is 0.829. The third-order valence-electron chi connectivity index (χ3n) is 3.08. The molecule has 0 radical (unpaired) electrons. The summed E-state index contributed by atoms with van der Waals surface area (Å²) in [6, 6.07) is 8.32. The molecule has 0 aliphatic carbocycles. The Kier molecular flexibility index (Phi) is 4.43. The first-order valence-corrected chi connectivity index (χ1v) is 7.28. The van der Waals surface area contributed by atoms with Crippen LogP contribution in [0, 0.1) is 5.92 Å². The summed E-state index contributed by atoms with van der Waals surface area (Å²) in [5.74, 6) is 0.725. The van der Waals surface area contributed by atoms with Crippen molar-refractivity contribution in [2.45, 2.75) is 26.8 Å². The summed E-state index contributed by atoms with van der Waals surface area (Å²) in [6.07, 6.45) is 1.22. The van der Waals surface area contributed by atoms with Crippen molar-refractivity contribution in [2.24, 2.45) is 5.92 Å². The van der Waals surface area contributed by atoms with Gasteiger partial charge in [-0.3, -0.25) is 0 Å². The van der Waals surface area contributed by atoms with Gasteiger partial charge in [-0.05, 0) is 18.5 Å². The normalized spacial score (nSPS) is 13.1. The van der Waals surface area contributed by atoms with E-state index >= 15 is 0 Å². The molecule has 1 aromatic heterocycles. The summed E-state index contributed by atoms with van der Waals surface area (Å²) in [7, 11) is 0. The minimum absolute atomic E-state index is 0.725. The number of thiophene rings is 1. The van der Waals surface area contributed by atoms with Crippen LogP contribution >= 0.6 is 22.9 Å². The fraction of sp³-hybridized carbons (Fsp3) is 0.429. The molecule has 92 valence electrons. The van der Waals surface area contributed by atoms with E-state index in [0.717, 1.165) is 24.0 Å². The summed E-state index contributed by atoms with van der Waals surface area (Å²) < 4.78 is 1.28. The van der Waals surface area contributed by atoms with Crippen LogP contribution in [0.5, 0.6) is 0 Å². The molecule has 1 atom stereocenters. The number of fused-ring (bicyclic) bond motifs is 1. The van der Waals surface area contributed by atoms with Gasteiger partial charge in [0.05, 0.1) is 5.02 Å². The molecule has 2 aromatic rings. The predicted molar refractivity (Wildman–Crippen MR) is 78.0 cm³/mol. The van der Waals surface area contributed by atoms with Gasteiger partial charge in [-0.15, -0.1) is 11.3 Å². The lowest BCUT2D eigenvalue weighted by Crippen LogP contribution is -2.19. The van der Waals surface area contributed by atoms with Crippen molar-refractivity contribution in [3.05, 3.63) is 34.2 Å². The summed E-state index contributed by atoms with van der Waals surface area (Å²) in [6.45, 7) is 6.42. The molecule has 0 aliphatic rings. The Labute approximate surface area is 112 Å². The van der Waals surface area contributed by atoms with Crippen molar-refractivity contribution in [3.63, 3.8) is 0 Å². The molecule has 1 nitrogen and oxygen atoms in total. The van der Waals surface area contributed by atoms with Gasteiger partial charge in [0.15, 0.2) is 0 Å².